The van der Waals surface area contributed by atoms with Crippen molar-refractivity contribution < 1.29 is 4.74 Å². The van der Waals surface area contributed by atoms with E-state index < -0.39 is 0 Å². The van der Waals surface area contributed by atoms with E-state index in [1.165, 1.54) is 0 Å². The monoisotopic (exact) mass is 279 g/mol. The highest BCUT2D eigenvalue weighted by atomic mass is 16.5. The Bertz CT molecular complexity index is 364. The number of ether oxygens (including phenoxy) is 1. The summed E-state index contributed by atoms with van der Waals surface area (Å²) >= 11 is 0. The van der Waals surface area contributed by atoms with E-state index in [2.05, 4.69) is 42.9 Å². The first-order chi connectivity index (χ1) is 9.67. The van der Waals surface area contributed by atoms with Crippen molar-refractivity contribution >= 4 is 0 Å². The van der Waals surface area contributed by atoms with Gasteiger partial charge in [0.25, 0.3) is 0 Å². The Labute approximate surface area is 123 Å². The number of nitrogens with one attached hydrogen (secondary N) is 1. The van der Waals surface area contributed by atoms with E-state index in [0.29, 0.717) is 5.92 Å². The van der Waals surface area contributed by atoms with E-state index in [0.717, 1.165) is 50.6 Å². The van der Waals surface area contributed by atoms with Gasteiger partial charge >= 0.3 is 0 Å². The molecule has 0 aliphatic heterocycles. The molecule has 0 aliphatic rings. The molecule has 0 atom stereocenters. The van der Waals surface area contributed by atoms with Crippen LogP contribution in [-0.2, 0) is 6.54 Å². The van der Waals surface area contributed by atoms with Crippen LogP contribution in [0.25, 0.3) is 0 Å². The van der Waals surface area contributed by atoms with Gasteiger partial charge in [0.15, 0.2) is 0 Å². The predicted octanol–water partition coefficient (Wildman–Crippen LogP) is 2.55. The van der Waals surface area contributed by atoms with Crippen LogP contribution in [0.1, 0.15) is 33.3 Å². The Morgan fingerprint density at radius 3 is 2.70 bits per heavy atom. The van der Waals surface area contributed by atoms with Crippen molar-refractivity contribution in [1.82, 2.24) is 15.2 Å². The van der Waals surface area contributed by atoms with Gasteiger partial charge < -0.3 is 15.0 Å². The number of nitrogens with zero attached hydrogens (tertiary/aromatic N) is 2. The summed E-state index contributed by atoms with van der Waals surface area (Å²) in [7, 11) is 0. The second-order valence-corrected chi connectivity index (χ2v) is 5.38. The molecule has 1 aromatic heterocycles. The molecule has 0 unspecified atom stereocenters. The number of hydrogen-bond donors (Lipinski definition) is 1. The molecule has 1 N–H and O–H groups in total. The summed E-state index contributed by atoms with van der Waals surface area (Å²) in [5, 5.41) is 3.43. The van der Waals surface area contributed by atoms with Gasteiger partial charge in [-0.05, 0) is 31.6 Å². The SMILES string of the molecule is CCN(CC)CCOc1ccncc1CNCC(C)C. The first-order valence-corrected chi connectivity index (χ1v) is 7.66. The standard InChI is InChI=1S/C16H29N3O/c1-5-19(6-2)9-10-20-16-7-8-17-12-15(16)13-18-11-14(3)4/h7-8,12,14,18H,5-6,9-11,13H2,1-4H3. The average Bonchev–Trinajstić information content (AvgIpc) is 2.45. The summed E-state index contributed by atoms with van der Waals surface area (Å²) in [5.41, 5.74) is 1.13. The molecule has 0 aromatic carbocycles. The van der Waals surface area contributed by atoms with Gasteiger partial charge in [0.1, 0.15) is 12.4 Å². The summed E-state index contributed by atoms with van der Waals surface area (Å²) in [4.78, 5) is 6.55. The molecular formula is C16H29N3O. The lowest BCUT2D eigenvalue weighted by Crippen LogP contribution is -2.28. The molecule has 114 valence electrons. The zero-order chi connectivity index (χ0) is 14.8. The topological polar surface area (TPSA) is 37.4 Å². The minimum Gasteiger partial charge on any atom is -0.492 e. The number of rotatable bonds is 10. The number of aromatic nitrogens is 1. The van der Waals surface area contributed by atoms with Gasteiger partial charge in [0.05, 0.1) is 0 Å². The molecule has 0 amide bonds. The van der Waals surface area contributed by atoms with Crippen LogP contribution in [0.2, 0.25) is 0 Å². The Hall–Kier alpha value is -1.13. The first-order valence-electron chi connectivity index (χ1n) is 7.66. The Kier molecular flexibility index (Phi) is 8.23. The number of likely N-dealkylation sites (N-methyl/N-ethyl adjacent to an activating group) is 1. The van der Waals surface area contributed by atoms with E-state index in [9.17, 15) is 0 Å². The van der Waals surface area contributed by atoms with Crippen LogP contribution in [-0.4, -0.2) is 42.7 Å². The van der Waals surface area contributed by atoms with Gasteiger partial charge in [-0.2, -0.15) is 0 Å². The molecule has 0 bridgehead atoms. The fourth-order valence-electron chi connectivity index (χ4n) is 2.01. The van der Waals surface area contributed by atoms with Crippen molar-refractivity contribution in [2.45, 2.75) is 34.2 Å². The van der Waals surface area contributed by atoms with Crippen molar-refractivity contribution in [2.75, 3.05) is 32.8 Å². The molecule has 0 spiro atoms. The second-order valence-electron chi connectivity index (χ2n) is 5.38. The third-order valence-electron chi connectivity index (χ3n) is 3.29. The molecule has 4 nitrogen and oxygen atoms in total. The third-order valence-corrected chi connectivity index (χ3v) is 3.29. The highest BCUT2D eigenvalue weighted by Crippen LogP contribution is 2.16. The predicted molar refractivity (Wildman–Crippen MR) is 84.1 cm³/mol. The van der Waals surface area contributed by atoms with Crippen molar-refractivity contribution in [3.63, 3.8) is 0 Å². The van der Waals surface area contributed by atoms with Crippen LogP contribution in [0.4, 0.5) is 0 Å². The van der Waals surface area contributed by atoms with Crippen LogP contribution in [0.3, 0.4) is 0 Å². The molecule has 0 fully saturated rings. The molecule has 1 aromatic rings. The van der Waals surface area contributed by atoms with E-state index in [-0.39, 0.29) is 0 Å². The van der Waals surface area contributed by atoms with E-state index in [4.69, 9.17) is 4.74 Å². The molecule has 0 saturated carbocycles. The van der Waals surface area contributed by atoms with E-state index in [1.807, 2.05) is 12.3 Å². The molecule has 4 heteroatoms. The van der Waals surface area contributed by atoms with E-state index in [1.54, 1.807) is 6.20 Å². The van der Waals surface area contributed by atoms with Crippen LogP contribution in [0.15, 0.2) is 18.5 Å². The molecule has 20 heavy (non-hydrogen) atoms. The van der Waals surface area contributed by atoms with Crippen molar-refractivity contribution in [3.8, 4) is 5.75 Å². The van der Waals surface area contributed by atoms with Crippen molar-refractivity contribution in [2.24, 2.45) is 5.92 Å². The maximum absolute atomic E-state index is 5.91. The lowest BCUT2D eigenvalue weighted by Gasteiger charge is -2.19. The molecule has 1 rings (SSSR count). The molecule has 0 saturated heterocycles. The third kappa shape index (κ3) is 6.35. The summed E-state index contributed by atoms with van der Waals surface area (Å²) < 4.78 is 5.91. The Morgan fingerprint density at radius 2 is 2.05 bits per heavy atom. The second kappa shape index (κ2) is 9.72. The smallest absolute Gasteiger partial charge is 0.126 e. The highest BCUT2D eigenvalue weighted by molar-refractivity contribution is 5.29. The molecule has 0 radical (unpaired) electrons. The highest BCUT2D eigenvalue weighted by Gasteiger charge is 2.05. The quantitative estimate of drug-likeness (QED) is 0.714. The van der Waals surface area contributed by atoms with Gasteiger partial charge in [0.2, 0.25) is 0 Å². The summed E-state index contributed by atoms with van der Waals surface area (Å²) in [6.07, 6.45) is 3.68. The van der Waals surface area contributed by atoms with Gasteiger partial charge in [0, 0.05) is 31.0 Å². The minimum absolute atomic E-state index is 0.652. The summed E-state index contributed by atoms with van der Waals surface area (Å²) in [5.74, 6) is 1.60. The zero-order valence-electron chi connectivity index (χ0n) is 13.4. The van der Waals surface area contributed by atoms with Crippen molar-refractivity contribution in [1.29, 1.82) is 0 Å². The lowest BCUT2D eigenvalue weighted by atomic mass is 10.2. The van der Waals surface area contributed by atoms with Crippen molar-refractivity contribution in [3.05, 3.63) is 24.0 Å². The molecular weight excluding hydrogens is 250 g/mol. The average molecular weight is 279 g/mol. The van der Waals surface area contributed by atoms with Gasteiger partial charge in [-0.15, -0.1) is 0 Å². The number of pyridine rings is 1. The maximum atomic E-state index is 5.91. The normalized spacial score (nSPS) is 11.3. The first kappa shape index (κ1) is 16.9. The van der Waals surface area contributed by atoms with E-state index >= 15 is 0 Å². The summed E-state index contributed by atoms with van der Waals surface area (Å²) in [6, 6.07) is 1.95. The minimum atomic E-state index is 0.652. The molecule has 0 aliphatic carbocycles. The van der Waals surface area contributed by atoms with Crippen LogP contribution >= 0.6 is 0 Å². The van der Waals surface area contributed by atoms with Crippen LogP contribution < -0.4 is 10.1 Å². The fourth-order valence-corrected chi connectivity index (χ4v) is 2.01. The van der Waals surface area contributed by atoms with Gasteiger partial charge in [-0.25, -0.2) is 0 Å². The lowest BCUT2D eigenvalue weighted by molar-refractivity contribution is 0.221. The van der Waals surface area contributed by atoms with Crippen LogP contribution in [0.5, 0.6) is 5.75 Å². The maximum Gasteiger partial charge on any atom is 0.126 e. The largest absolute Gasteiger partial charge is 0.492 e. The van der Waals surface area contributed by atoms with Crippen LogP contribution in [0, 0.1) is 5.92 Å². The zero-order valence-corrected chi connectivity index (χ0v) is 13.4. The summed E-state index contributed by atoms with van der Waals surface area (Å²) in [6.45, 7) is 14.4. The Morgan fingerprint density at radius 1 is 1.30 bits per heavy atom. The molecule has 1 heterocycles. The Balaban J connectivity index is 2.44. The van der Waals surface area contributed by atoms with Gasteiger partial charge in [-0.3, -0.25) is 4.98 Å². The fraction of sp³-hybridized carbons (Fsp3) is 0.688. The number of hydrogen-bond acceptors (Lipinski definition) is 4. The van der Waals surface area contributed by atoms with Gasteiger partial charge in [-0.1, -0.05) is 27.7 Å².